The fourth-order valence-corrected chi connectivity index (χ4v) is 11.6. The number of esters is 3. The molecule has 99 heavy (non-hydrogen) atoms. The maximum Gasteiger partial charge on any atom is 0.472 e. The van der Waals surface area contributed by atoms with E-state index in [1.807, 2.05) is 12.2 Å². The number of allylic oxidation sites excluding steroid dienone is 22. The van der Waals surface area contributed by atoms with Crippen molar-refractivity contribution < 1.29 is 75.8 Å². The number of carbonyl (C=O) groups is 3. The minimum absolute atomic E-state index is 0.0798. The van der Waals surface area contributed by atoms with Crippen LogP contribution in [0.1, 0.15) is 303 Å². The van der Waals surface area contributed by atoms with E-state index in [0.717, 1.165) is 122 Å². The van der Waals surface area contributed by atoms with Crippen LogP contribution in [-0.4, -0.2) is 95.9 Å². The number of phosphoric acid groups is 2. The molecule has 0 saturated heterocycles. The largest absolute Gasteiger partial charge is 0.472 e. The standard InChI is InChI=1S/C81H138O16P2/c1-4-7-10-13-16-19-22-24-26-28-29-30-31-32-33-34-35-36-37-38-39-40-41-42-43-44-45-47-49-50-53-55-58-61-64-67-79(84)91-70-76(82)71-93-98(87,88)94-72-77(83)73-95-99(89,90)96-75-78(97-81(86)69-66-63-60-57-52-21-18-15-12-9-6-3)74-92-80(85)68-65-62-59-56-54-51-48-46-27-25-23-20-17-14-11-8-5-2/h7-8,10-11,15-20,24-27,29-30,32-33,48,51,56,59,76-78,82-83H,4-6,9,12-14,21-23,28,31,34-47,49-50,52-55,57-58,60-75H2,1-3H3,(H,87,88)(H,89,90)/b10-7-,11-8-,18-15-,19-16-,20-17-,26-24-,27-25-,30-29-,33-32-,51-48-,59-56-. The number of rotatable bonds is 72. The first-order valence-electron chi connectivity index (χ1n) is 38.5. The number of ether oxygens (including phenoxy) is 3. The Kier molecular flexibility index (Phi) is 70.2. The van der Waals surface area contributed by atoms with Crippen molar-refractivity contribution in [1.82, 2.24) is 0 Å². The van der Waals surface area contributed by atoms with Crippen LogP contribution in [0.4, 0.5) is 0 Å². The van der Waals surface area contributed by atoms with Crippen LogP contribution in [0.15, 0.2) is 134 Å². The molecule has 16 nitrogen and oxygen atoms in total. The molecule has 0 saturated carbocycles. The molecule has 0 heterocycles. The minimum atomic E-state index is -4.94. The van der Waals surface area contributed by atoms with Crippen LogP contribution in [0, 0.1) is 0 Å². The lowest BCUT2D eigenvalue weighted by molar-refractivity contribution is -0.161. The van der Waals surface area contributed by atoms with Crippen LogP contribution < -0.4 is 0 Å². The molecule has 0 aliphatic heterocycles. The molecule has 0 aromatic carbocycles. The van der Waals surface area contributed by atoms with E-state index in [0.29, 0.717) is 25.7 Å². The number of carbonyl (C=O) groups excluding carboxylic acids is 3. The lowest BCUT2D eigenvalue weighted by Crippen LogP contribution is -2.30. The highest BCUT2D eigenvalue weighted by Gasteiger charge is 2.29. The molecule has 0 aliphatic rings. The van der Waals surface area contributed by atoms with Crippen LogP contribution in [0.2, 0.25) is 0 Å². The van der Waals surface area contributed by atoms with Gasteiger partial charge in [-0.15, -0.1) is 0 Å². The van der Waals surface area contributed by atoms with Gasteiger partial charge in [-0.25, -0.2) is 9.13 Å². The second-order valence-electron chi connectivity index (χ2n) is 25.4. The fourth-order valence-electron chi connectivity index (χ4n) is 10.0. The Morgan fingerprint density at radius 3 is 0.899 bits per heavy atom. The summed E-state index contributed by atoms with van der Waals surface area (Å²) in [5.74, 6) is -1.65. The molecule has 0 aromatic rings. The zero-order chi connectivity index (χ0) is 72.3. The molecule has 5 unspecified atom stereocenters. The normalized spacial score (nSPS) is 14.8. The van der Waals surface area contributed by atoms with Crippen molar-refractivity contribution in [3.63, 3.8) is 0 Å². The average Bonchev–Trinajstić information content (AvgIpc) is 1.19. The zero-order valence-electron chi connectivity index (χ0n) is 61.9. The van der Waals surface area contributed by atoms with E-state index >= 15 is 0 Å². The summed E-state index contributed by atoms with van der Waals surface area (Å²) in [5, 5.41) is 20.6. The van der Waals surface area contributed by atoms with Crippen LogP contribution in [-0.2, 0) is 55.8 Å². The third kappa shape index (κ3) is 74.7. The van der Waals surface area contributed by atoms with E-state index in [4.69, 9.17) is 32.3 Å². The SMILES string of the molecule is CC/C=C\C/C=C\C/C=C\C/C=C\C/C=C\CCCCCCCCCCCCCCCCCCCCCC(=O)OCC(O)COP(=O)(O)OCC(O)COP(=O)(O)OCC(COC(=O)CCC/C=C\C/C=C\C/C=C\C/C=C\C/C=C\CC)OC(=O)CCCCCCC/C=C\CCCC. The van der Waals surface area contributed by atoms with Gasteiger partial charge in [0.15, 0.2) is 6.10 Å². The number of hydrogen-bond acceptors (Lipinski definition) is 14. The molecular weight excluding hydrogens is 1290 g/mol. The zero-order valence-corrected chi connectivity index (χ0v) is 63.7. The summed E-state index contributed by atoms with van der Waals surface area (Å²) in [5.41, 5.74) is 0. The van der Waals surface area contributed by atoms with Crippen molar-refractivity contribution in [3.05, 3.63) is 134 Å². The summed E-state index contributed by atoms with van der Waals surface area (Å²) in [7, 11) is -9.80. The molecule has 0 aliphatic carbocycles. The van der Waals surface area contributed by atoms with Gasteiger partial charge in [-0.3, -0.25) is 32.5 Å². The maximum atomic E-state index is 12.9. The maximum absolute atomic E-state index is 12.9. The summed E-state index contributed by atoms with van der Waals surface area (Å²) in [6.07, 6.45) is 88.4. The molecule has 0 amide bonds. The Morgan fingerprint density at radius 2 is 0.545 bits per heavy atom. The molecule has 18 heteroatoms. The first-order valence-corrected chi connectivity index (χ1v) is 41.5. The van der Waals surface area contributed by atoms with Gasteiger partial charge in [-0.05, 0) is 122 Å². The molecule has 0 spiro atoms. The van der Waals surface area contributed by atoms with Crippen molar-refractivity contribution in [1.29, 1.82) is 0 Å². The van der Waals surface area contributed by atoms with Crippen LogP contribution in [0.5, 0.6) is 0 Å². The van der Waals surface area contributed by atoms with E-state index in [-0.39, 0.29) is 19.3 Å². The number of phosphoric ester groups is 2. The molecule has 4 N–H and O–H groups in total. The summed E-state index contributed by atoms with van der Waals surface area (Å²) >= 11 is 0. The highest BCUT2D eigenvalue weighted by molar-refractivity contribution is 7.47. The second kappa shape index (κ2) is 73.4. The smallest absolute Gasteiger partial charge is 0.463 e. The first kappa shape index (κ1) is 94.7. The predicted molar refractivity (Wildman–Crippen MR) is 408 cm³/mol. The van der Waals surface area contributed by atoms with Crippen molar-refractivity contribution in [3.8, 4) is 0 Å². The summed E-state index contributed by atoms with van der Waals surface area (Å²) in [6, 6.07) is 0. The fraction of sp³-hybridized carbons (Fsp3) is 0.691. The highest BCUT2D eigenvalue weighted by Crippen LogP contribution is 2.45. The number of aliphatic hydroxyl groups excluding tert-OH is 2. The Balaban J connectivity index is 4.33. The molecule has 0 aromatic heterocycles. The topological polar surface area (TPSA) is 231 Å². The summed E-state index contributed by atoms with van der Waals surface area (Å²) < 4.78 is 60.9. The monoisotopic (exact) mass is 1430 g/mol. The van der Waals surface area contributed by atoms with Gasteiger partial charge in [0, 0.05) is 19.3 Å². The van der Waals surface area contributed by atoms with Crippen LogP contribution in [0.25, 0.3) is 0 Å². The quantitative estimate of drug-likeness (QED) is 0.0146. The van der Waals surface area contributed by atoms with Crippen LogP contribution >= 0.6 is 15.6 Å². The molecule has 0 radical (unpaired) electrons. The Morgan fingerprint density at radius 1 is 0.293 bits per heavy atom. The third-order valence-electron chi connectivity index (χ3n) is 15.8. The number of unbranched alkanes of at least 4 members (excludes halogenated alkanes) is 27. The van der Waals surface area contributed by atoms with Gasteiger partial charge in [0.2, 0.25) is 0 Å². The van der Waals surface area contributed by atoms with E-state index < -0.39 is 91.5 Å². The van der Waals surface area contributed by atoms with Crippen molar-refractivity contribution in [2.45, 2.75) is 322 Å². The molecule has 0 fully saturated rings. The molecule has 5 atom stereocenters. The van der Waals surface area contributed by atoms with Crippen molar-refractivity contribution >= 4 is 33.6 Å². The predicted octanol–water partition coefficient (Wildman–Crippen LogP) is 22.3. The van der Waals surface area contributed by atoms with Crippen molar-refractivity contribution in [2.75, 3.05) is 39.6 Å². The van der Waals surface area contributed by atoms with E-state index in [9.17, 15) is 43.5 Å². The Labute approximate surface area is 601 Å². The minimum Gasteiger partial charge on any atom is -0.463 e. The molecule has 0 bridgehead atoms. The molecular formula is C81H138O16P2. The summed E-state index contributed by atoms with van der Waals surface area (Å²) in [6.45, 7) is 2.33. The van der Waals surface area contributed by atoms with Gasteiger partial charge in [-0.2, -0.15) is 0 Å². The lowest BCUT2D eigenvalue weighted by atomic mass is 10.0. The number of hydrogen-bond donors (Lipinski definition) is 4. The Bertz CT molecular complexity index is 2330. The van der Waals surface area contributed by atoms with Gasteiger partial charge in [0.25, 0.3) is 0 Å². The number of aliphatic hydroxyl groups is 2. The molecule has 0 rings (SSSR count). The van der Waals surface area contributed by atoms with Gasteiger partial charge in [0.1, 0.15) is 25.4 Å². The van der Waals surface area contributed by atoms with Crippen molar-refractivity contribution in [2.24, 2.45) is 0 Å². The second-order valence-corrected chi connectivity index (χ2v) is 28.3. The first-order chi connectivity index (χ1) is 48.2. The summed E-state index contributed by atoms with van der Waals surface area (Å²) in [4.78, 5) is 58.4. The average molecular weight is 1430 g/mol. The van der Waals surface area contributed by atoms with E-state index in [2.05, 4.69) is 142 Å². The van der Waals surface area contributed by atoms with Gasteiger partial charge >= 0.3 is 33.6 Å². The van der Waals surface area contributed by atoms with E-state index in [1.165, 1.54) is 116 Å². The third-order valence-corrected chi connectivity index (χ3v) is 17.7. The highest BCUT2D eigenvalue weighted by atomic mass is 31.2. The Hall–Kier alpha value is -4.31. The van der Waals surface area contributed by atoms with Gasteiger partial charge in [-0.1, -0.05) is 296 Å². The van der Waals surface area contributed by atoms with Gasteiger partial charge in [0.05, 0.1) is 26.4 Å². The lowest BCUT2D eigenvalue weighted by Gasteiger charge is -2.21. The van der Waals surface area contributed by atoms with Gasteiger partial charge < -0.3 is 34.2 Å². The van der Waals surface area contributed by atoms with E-state index in [1.54, 1.807) is 0 Å². The molecule has 568 valence electrons. The van der Waals surface area contributed by atoms with Crippen LogP contribution in [0.3, 0.4) is 0 Å².